The zero-order valence-corrected chi connectivity index (χ0v) is 10.7. The summed E-state index contributed by atoms with van der Waals surface area (Å²) in [4.78, 5) is 25.0. The maximum absolute atomic E-state index is 13.2. The summed E-state index contributed by atoms with van der Waals surface area (Å²) in [6, 6.07) is 0. The molecular weight excluding hydrogens is 255 g/mol. The number of nitrogens with one attached hydrogen (secondary N) is 1. The molecule has 1 rings (SSSR count). The van der Waals surface area contributed by atoms with Gasteiger partial charge < -0.3 is 0 Å². The zero-order chi connectivity index (χ0) is 12.5. The summed E-state index contributed by atoms with van der Waals surface area (Å²) in [5.74, 6) is -1.13. The second-order valence-corrected chi connectivity index (χ2v) is 5.80. The molecule has 0 aliphatic rings. The summed E-state index contributed by atoms with van der Waals surface area (Å²) in [7, 11) is 0. The molecule has 0 amide bonds. The summed E-state index contributed by atoms with van der Waals surface area (Å²) in [5.41, 5.74) is -1.69. The first-order valence-corrected chi connectivity index (χ1v) is 6.12. The van der Waals surface area contributed by atoms with E-state index < -0.39 is 22.2 Å². The molecule has 0 bridgehead atoms. The summed E-state index contributed by atoms with van der Waals surface area (Å²) in [5, 5.41) is -0.548. The minimum atomic E-state index is -1.13. The molecule has 1 heterocycles. The third-order valence-electron chi connectivity index (χ3n) is 2.18. The molecule has 0 spiro atoms. The van der Waals surface area contributed by atoms with Gasteiger partial charge in [0.25, 0.3) is 5.56 Å². The van der Waals surface area contributed by atoms with Crippen molar-refractivity contribution >= 4 is 23.4 Å². The largest absolute Gasteiger partial charge is 0.329 e. The molecule has 0 aliphatic heterocycles. The predicted octanol–water partition coefficient (Wildman–Crippen LogP) is 1.47. The first-order chi connectivity index (χ1) is 7.28. The summed E-state index contributed by atoms with van der Waals surface area (Å²) in [6.07, 6.45) is 1.85. The van der Waals surface area contributed by atoms with Crippen molar-refractivity contribution in [2.45, 2.75) is 25.1 Å². The lowest BCUT2D eigenvalue weighted by Crippen LogP contribution is -2.42. The normalized spacial score (nSPS) is 11.8. The summed E-state index contributed by atoms with van der Waals surface area (Å²) < 4.78 is 13.7. The van der Waals surface area contributed by atoms with Crippen molar-refractivity contribution in [1.29, 1.82) is 0 Å². The van der Waals surface area contributed by atoms with Crippen LogP contribution in [0.3, 0.4) is 0 Å². The third-order valence-corrected chi connectivity index (χ3v) is 3.67. The molecule has 0 saturated heterocycles. The zero-order valence-electron chi connectivity index (χ0n) is 9.13. The van der Waals surface area contributed by atoms with Crippen molar-refractivity contribution in [2.75, 3.05) is 6.26 Å². The van der Waals surface area contributed by atoms with Crippen molar-refractivity contribution in [3.05, 3.63) is 31.8 Å². The first kappa shape index (κ1) is 13.3. The van der Waals surface area contributed by atoms with Crippen LogP contribution in [0.4, 0.5) is 4.39 Å². The average molecular weight is 267 g/mol. The van der Waals surface area contributed by atoms with E-state index in [4.69, 9.17) is 11.6 Å². The van der Waals surface area contributed by atoms with Gasteiger partial charge in [0.05, 0.1) is 0 Å². The quantitative estimate of drug-likeness (QED) is 0.843. The van der Waals surface area contributed by atoms with E-state index in [-0.39, 0.29) is 11.3 Å². The lowest BCUT2D eigenvalue weighted by Gasteiger charge is -2.22. The van der Waals surface area contributed by atoms with Crippen LogP contribution in [0, 0.1) is 5.82 Å². The second-order valence-electron chi connectivity index (χ2n) is 3.91. The Kier molecular flexibility index (Phi) is 3.85. The monoisotopic (exact) mass is 266 g/mol. The van der Waals surface area contributed by atoms with Crippen molar-refractivity contribution < 1.29 is 4.39 Å². The minimum absolute atomic E-state index is 0.121. The van der Waals surface area contributed by atoms with Crippen LogP contribution < -0.4 is 11.2 Å². The number of halogens is 2. The molecule has 0 unspecified atom stereocenters. The van der Waals surface area contributed by atoms with Crippen LogP contribution in [0.25, 0.3) is 0 Å². The Labute approximate surface area is 101 Å². The van der Waals surface area contributed by atoms with Crippen LogP contribution in [0.5, 0.6) is 0 Å². The highest BCUT2D eigenvalue weighted by Crippen LogP contribution is 2.22. The molecule has 16 heavy (non-hydrogen) atoms. The van der Waals surface area contributed by atoms with Crippen LogP contribution in [0.1, 0.15) is 13.8 Å². The van der Waals surface area contributed by atoms with Gasteiger partial charge in [-0.25, -0.2) is 4.79 Å². The number of rotatable bonds is 3. The molecule has 4 nitrogen and oxygen atoms in total. The Morgan fingerprint density at radius 2 is 2.06 bits per heavy atom. The molecule has 0 saturated carbocycles. The van der Waals surface area contributed by atoms with Gasteiger partial charge in [-0.1, -0.05) is 11.6 Å². The molecule has 0 fully saturated rings. The van der Waals surface area contributed by atoms with E-state index in [0.29, 0.717) is 0 Å². The number of hydrogen-bond donors (Lipinski definition) is 1. The maximum Gasteiger partial charge on any atom is 0.329 e. The number of thioether (sulfide) groups is 1. The van der Waals surface area contributed by atoms with Crippen LogP contribution in [-0.2, 0) is 6.54 Å². The van der Waals surface area contributed by atoms with E-state index in [1.807, 2.05) is 20.1 Å². The first-order valence-electron chi connectivity index (χ1n) is 4.52. The Morgan fingerprint density at radius 3 is 2.56 bits per heavy atom. The molecule has 1 aromatic heterocycles. The molecular formula is C9H12ClFN2O2S. The Hall–Kier alpha value is -0.750. The lowest BCUT2D eigenvalue weighted by atomic mass is 10.2. The number of H-pyrrole nitrogens is 1. The molecule has 0 aromatic carbocycles. The van der Waals surface area contributed by atoms with Gasteiger partial charge >= 0.3 is 5.69 Å². The Morgan fingerprint density at radius 1 is 1.50 bits per heavy atom. The van der Waals surface area contributed by atoms with Gasteiger partial charge in [-0.3, -0.25) is 14.3 Å². The molecule has 1 aromatic rings. The van der Waals surface area contributed by atoms with Gasteiger partial charge in [0.1, 0.15) is 0 Å². The van der Waals surface area contributed by atoms with Gasteiger partial charge in [-0.2, -0.15) is 16.2 Å². The van der Waals surface area contributed by atoms with Gasteiger partial charge in [0.15, 0.2) is 5.15 Å². The number of aromatic nitrogens is 2. The van der Waals surface area contributed by atoms with E-state index >= 15 is 0 Å². The van der Waals surface area contributed by atoms with E-state index in [1.165, 1.54) is 11.8 Å². The number of aromatic amines is 1. The van der Waals surface area contributed by atoms with E-state index in [0.717, 1.165) is 4.57 Å². The van der Waals surface area contributed by atoms with Crippen LogP contribution in [0.2, 0.25) is 5.15 Å². The standard InChI is InChI=1S/C9H12ClFN2O2S/c1-9(2,16-3)4-13-7(14)5(11)6(10)12-8(13)15/h4H2,1-3H3,(H,12,15). The summed E-state index contributed by atoms with van der Waals surface area (Å²) in [6.45, 7) is 3.84. The summed E-state index contributed by atoms with van der Waals surface area (Å²) >= 11 is 6.83. The third kappa shape index (κ3) is 2.68. The average Bonchev–Trinajstić information content (AvgIpc) is 2.21. The number of nitrogens with zero attached hydrogens (tertiary/aromatic N) is 1. The maximum atomic E-state index is 13.2. The predicted molar refractivity (Wildman–Crippen MR) is 63.9 cm³/mol. The van der Waals surface area contributed by atoms with E-state index in [1.54, 1.807) is 0 Å². The van der Waals surface area contributed by atoms with Gasteiger partial charge in [0, 0.05) is 11.3 Å². The molecule has 0 aliphatic carbocycles. The highest BCUT2D eigenvalue weighted by Gasteiger charge is 2.21. The number of hydrogen-bond acceptors (Lipinski definition) is 3. The van der Waals surface area contributed by atoms with Crippen molar-refractivity contribution in [3.8, 4) is 0 Å². The fraction of sp³-hybridized carbons (Fsp3) is 0.556. The van der Waals surface area contributed by atoms with E-state index in [9.17, 15) is 14.0 Å². The molecule has 0 atom stereocenters. The van der Waals surface area contributed by atoms with Crippen molar-refractivity contribution in [1.82, 2.24) is 9.55 Å². The highest BCUT2D eigenvalue weighted by molar-refractivity contribution is 7.99. The SMILES string of the molecule is CSC(C)(C)Cn1c(=O)[nH]c(Cl)c(F)c1=O. The van der Waals surface area contributed by atoms with Gasteiger partial charge in [-0.05, 0) is 20.1 Å². The minimum Gasteiger partial charge on any atom is -0.295 e. The second kappa shape index (κ2) is 4.63. The van der Waals surface area contributed by atoms with Crippen LogP contribution in [0.15, 0.2) is 9.59 Å². The fourth-order valence-electron chi connectivity index (χ4n) is 1.11. The van der Waals surface area contributed by atoms with Crippen LogP contribution >= 0.6 is 23.4 Å². The molecule has 7 heteroatoms. The van der Waals surface area contributed by atoms with Gasteiger partial charge in [0.2, 0.25) is 5.82 Å². The van der Waals surface area contributed by atoms with Crippen molar-refractivity contribution in [3.63, 3.8) is 0 Å². The smallest absolute Gasteiger partial charge is 0.295 e. The molecule has 1 N–H and O–H groups in total. The van der Waals surface area contributed by atoms with Gasteiger partial charge in [-0.15, -0.1) is 0 Å². The van der Waals surface area contributed by atoms with Crippen molar-refractivity contribution in [2.24, 2.45) is 0 Å². The Balaban J connectivity index is 3.32. The Bertz CT molecular complexity index is 509. The lowest BCUT2D eigenvalue weighted by molar-refractivity contribution is 0.494. The van der Waals surface area contributed by atoms with Crippen LogP contribution in [-0.4, -0.2) is 20.6 Å². The van der Waals surface area contributed by atoms with E-state index in [2.05, 4.69) is 4.98 Å². The highest BCUT2D eigenvalue weighted by atomic mass is 35.5. The topological polar surface area (TPSA) is 54.9 Å². The molecule has 0 radical (unpaired) electrons. The fourth-order valence-corrected chi connectivity index (χ4v) is 1.53. The molecule has 90 valence electrons.